The Kier molecular flexibility index (Phi) is 4.35. The molecule has 0 unspecified atom stereocenters. The predicted molar refractivity (Wildman–Crippen MR) is 79.3 cm³/mol. The highest BCUT2D eigenvalue weighted by molar-refractivity contribution is 6.04. The molecule has 0 saturated heterocycles. The number of anilines is 1. The van der Waals surface area contributed by atoms with Gasteiger partial charge in [-0.1, -0.05) is 6.07 Å². The maximum atomic E-state index is 12.2. The van der Waals surface area contributed by atoms with Crippen LogP contribution in [0.3, 0.4) is 0 Å². The number of pyridine rings is 1. The predicted octanol–water partition coefficient (Wildman–Crippen LogP) is 3.35. The van der Waals surface area contributed by atoms with E-state index in [1.807, 2.05) is 32.9 Å². The molecule has 1 heterocycles. The highest BCUT2D eigenvalue weighted by atomic mass is 16.5. The first-order chi connectivity index (χ1) is 9.61. The van der Waals surface area contributed by atoms with E-state index in [0.29, 0.717) is 23.7 Å². The van der Waals surface area contributed by atoms with Crippen molar-refractivity contribution in [1.82, 2.24) is 4.98 Å². The summed E-state index contributed by atoms with van der Waals surface area (Å²) in [4.78, 5) is 16.4. The third kappa shape index (κ3) is 3.15. The molecule has 20 heavy (non-hydrogen) atoms. The van der Waals surface area contributed by atoms with Gasteiger partial charge in [-0.2, -0.15) is 0 Å². The third-order valence-electron chi connectivity index (χ3n) is 3.07. The third-order valence-corrected chi connectivity index (χ3v) is 3.07. The first-order valence-electron chi connectivity index (χ1n) is 6.58. The zero-order valence-electron chi connectivity index (χ0n) is 11.9. The molecule has 0 aliphatic rings. The summed E-state index contributed by atoms with van der Waals surface area (Å²) in [5.41, 5.74) is 2.86. The summed E-state index contributed by atoms with van der Waals surface area (Å²) in [7, 11) is 0. The van der Waals surface area contributed by atoms with Gasteiger partial charge in [-0.25, -0.2) is 4.98 Å². The van der Waals surface area contributed by atoms with Gasteiger partial charge in [0.15, 0.2) is 11.6 Å². The second-order valence-electron chi connectivity index (χ2n) is 4.54. The first-order valence-corrected chi connectivity index (χ1v) is 6.58. The van der Waals surface area contributed by atoms with Crippen molar-refractivity contribution in [3.05, 3.63) is 53.2 Å². The summed E-state index contributed by atoms with van der Waals surface area (Å²) in [6.45, 7) is 6.42. The number of nitrogens with zero attached hydrogens (tertiary/aromatic N) is 1. The Balaban J connectivity index is 2.21. The normalized spacial score (nSPS) is 10.2. The van der Waals surface area contributed by atoms with E-state index in [1.54, 1.807) is 24.4 Å². The number of rotatable bonds is 4. The number of ether oxygens (including phenoxy) is 1. The van der Waals surface area contributed by atoms with Gasteiger partial charge in [0.05, 0.1) is 6.61 Å². The number of aromatic nitrogens is 1. The average Bonchev–Trinajstić information content (AvgIpc) is 2.44. The maximum absolute atomic E-state index is 12.2. The van der Waals surface area contributed by atoms with E-state index in [4.69, 9.17) is 4.74 Å². The van der Waals surface area contributed by atoms with Crippen molar-refractivity contribution in [2.75, 3.05) is 11.9 Å². The van der Waals surface area contributed by atoms with Crippen molar-refractivity contribution in [1.29, 1.82) is 0 Å². The van der Waals surface area contributed by atoms with Crippen molar-refractivity contribution >= 4 is 11.7 Å². The van der Waals surface area contributed by atoms with E-state index in [9.17, 15) is 4.79 Å². The quantitative estimate of drug-likeness (QED) is 0.927. The highest BCUT2D eigenvalue weighted by Crippen LogP contribution is 2.21. The van der Waals surface area contributed by atoms with Crippen LogP contribution in [0.4, 0.5) is 5.82 Å². The number of nitrogens with one attached hydrogen (secondary N) is 1. The Morgan fingerprint density at radius 2 is 2.05 bits per heavy atom. The molecule has 0 bridgehead atoms. The molecule has 4 heteroatoms. The summed E-state index contributed by atoms with van der Waals surface area (Å²) in [5.74, 6) is 0.831. The van der Waals surface area contributed by atoms with E-state index in [1.165, 1.54) is 0 Å². The molecular formula is C16H18N2O2. The highest BCUT2D eigenvalue weighted by Gasteiger charge is 2.11. The Hall–Kier alpha value is -2.36. The van der Waals surface area contributed by atoms with Gasteiger partial charge in [-0.3, -0.25) is 4.79 Å². The minimum atomic E-state index is -0.187. The van der Waals surface area contributed by atoms with Crippen molar-refractivity contribution in [3.63, 3.8) is 0 Å². The minimum absolute atomic E-state index is 0.187. The standard InChI is InChI=1S/C16H18N2O2/c1-4-20-14-6-5-9-17-15(14)18-16(19)13-8-7-11(2)12(3)10-13/h5-10H,4H2,1-3H3,(H,17,18,19). The van der Waals surface area contributed by atoms with Gasteiger partial charge in [0.25, 0.3) is 5.91 Å². The van der Waals surface area contributed by atoms with E-state index < -0.39 is 0 Å². The Morgan fingerprint density at radius 1 is 1.25 bits per heavy atom. The molecule has 4 nitrogen and oxygen atoms in total. The number of carbonyl (C=O) groups excluding carboxylic acids is 1. The summed E-state index contributed by atoms with van der Waals surface area (Å²) >= 11 is 0. The zero-order chi connectivity index (χ0) is 14.5. The number of amides is 1. The summed E-state index contributed by atoms with van der Waals surface area (Å²) in [6, 6.07) is 9.17. The molecule has 1 aromatic carbocycles. The Bertz CT molecular complexity index is 624. The smallest absolute Gasteiger partial charge is 0.256 e. The van der Waals surface area contributed by atoms with Crippen molar-refractivity contribution in [2.45, 2.75) is 20.8 Å². The molecule has 1 N–H and O–H groups in total. The second kappa shape index (κ2) is 6.19. The van der Waals surface area contributed by atoms with Crippen LogP contribution in [0.1, 0.15) is 28.4 Å². The van der Waals surface area contributed by atoms with E-state index >= 15 is 0 Å². The van der Waals surface area contributed by atoms with Crippen LogP contribution in [0.2, 0.25) is 0 Å². The zero-order valence-corrected chi connectivity index (χ0v) is 11.9. The lowest BCUT2D eigenvalue weighted by atomic mass is 10.1. The molecule has 0 spiro atoms. The number of carbonyl (C=O) groups is 1. The van der Waals surface area contributed by atoms with E-state index in [-0.39, 0.29) is 5.91 Å². The van der Waals surface area contributed by atoms with Crippen molar-refractivity contribution in [3.8, 4) is 5.75 Å². The van der Waals surface area contributed by atoms with E-state index in [2.05, 4.69) is 10.3 Å². The lowest BCUT2D eigenvalue weighted by Gasteiger charge is -2.10. The van der Waals surface area contributed by atoms with Crippen LogP contribution in [-0.2, 0) is 0 Å². The molecule has 104 valence electrons. The lowest BCUT2D eigenvalue weighted by Crippen LogP contribution is -2.14. The summed E-state index contributed by atoms with van der Waals surface area (Å²) in [6.07, 6.45) is 1.62. The van der Waals surface area contributed by atoms with Crippen LogP contribution < -0.4 is 10.1 Å². The van der Waals surface area contributed by atoms with Gasteiger partial charge in [0.2, 0.25) is 0 Å². The van der Waals surface area contributed by atoms with Gasteiger partial charge in [-0.15, -0.1) is 0 Å². The first kappa shape index (κ1) is 14.1. The minimum Gasteiger partial charge on any atom is -0.490 e. The SMILES string of the molecule is CCOc1cccnc1NC(=O)c1ccc(C)c(C)c1. The van der Waals surface area contributed by atoms with Crippen LogP contribution in [0.25, 0.3) is 0 Å². The van der Waals surface area contributed by atoms with E-state index in [0.717, 1.165) is 11.1 Å². The molecule has 1 amide bonds. The van der Waals surface area contributed by atoms with Crippen LogP contribution in [0, 0.1) is 13.8 Å². The van der Waals surface area contributed by atoms with Gasteiger partial charge in [-0.05, 0) is 56.2 Å². The topological polar surface area (TPSA) is 51.2 Å². The van der Waals surface area contributed by atoms with Crippen LogP contribution in [-0.4, -0.2) is 17.5 Å². The van der Waals surface area contributed by atoms with Crippen LogP contribution in [0.5, 0.6) is 5.75 Å². The Morgan fingerprint density at radius 3 is 2.75 bits per heavy atom. The lowest BCUT2D eigenvalue weighted by molar-refractivity contribution is 0.102. The fraction of sp³-hybridized carbons (Fsp3) is 0.250. The fourth-order valence-electron chi connectivity index (χ4n) is 1.82. The largest absolute Gasteiger partial charge is 0.490 e. The van der Waals surface area contributed by atoms with Crippen molar-refractivity contribution in [2.24, 2.45) is 0 Å². The van der Waals surface area contributed by atoms with Gasteiger partial charge in [0, 0.05) is 11.8 Å². The molecule has 1 aromatic heterocycles. The fourth-order valence-corrected chi connectivity index (χ4v) is 1.82. The molecule has 0 fully saturated rings. The molecule has 0 radical (unpaired) electrons. The average molecular weight is 270 g/mol. The molecule has 0 aliphatic carbocycles. The number of hydrogen-bond donors (Lipinski definition) is 1. The molecule has 2 rings (SSSR count). The van der Waals surface area contributed by atoms with Gasteiger partial charge in [0.1, 0.15) is 0 Å². The molecule has 2 aromatic rings. The molecule has 0 aliphatic heterocycles. The summed E-state index contributed by atoms with van der Waals surface area (Å²) in [5, 5.41) is 2.78. The van der Waals surface area contributed by atoms with Crippen LogP contribution >= 0.6 is 0 Å². The number of hydrogen-bond acceptors (Lipinski definition) is 3. The molecule has 0 saturated carbocycles. The van der Waals surface area contributed by atoms with Gasteiger partial charge >= 0.3 is 0 Å². The maximum Gasteiger partial charge on any atom is 0.256 e. The van der Waals surface area contributed by atoms with Crippen molar-refractivity contribution < 1.29 is 9.53 Å². The second-order valence-corrected chi connectivity index (χ2v) is 4.54. The van der Waals surface area contributed by atoms with Gasteiger partial charge < -0.3 is 10.1 Å². The number of aryl methyl sites for hydroxylation is 2. The van der Waals surface area contributed by atoms with Crippen LogP contribution in [0.15, 0.2) is 36.5 Å². The molecular weight excluding hydrogens is 252 g/mol. The summed E-state index contributed by atoms with van der Waals surface area (Å²) < 4.78 is 5.44. The molecule has 0 atom stereocenters. The Labute approximate surface area is 118 Å². The number of benzene rings is 1. The monoisotopic (exact) mass is 270 g/mol.